The molecule has 1 aromatic heterocycles. The summed E-state index contributed by atoms with van der Waals surface area (Å²) in [7, 11) is 0. The molecule has 20 heavy (non-hydrogen) atoms. The van der Waals surface area contributed by atoms with Crippen molar-refractivity contribution in [1.29, 1.82) is 0 Å². The maximum Gasteiger partial charge on any atom is 0.0429 e. The second-order valence-corrected chi connectivity index (χ2v) is 5.60. The molecule has 0 saturated carbocycles. The van der Waals surface area contributed by atoms with Gasteiger partial charge < -0.3 is 9.47 Å². The smallest absolute Gasteiger partial charge is 0.0429 e. The highest BCUT2D eigenvalue weighted by Crippen LogP contribution is 2.17. The zero-order valence-electron chi connectivity index (χ0n) is 12.2. The normalized spacial score (nSPS) is 18.1. The van der Waals surface area contributed by atoms with Crippen LogP contribution in [0.4, 0.5) is 5.69 Å². The number of aromatic nitrogens is 1. The lowest BCUT2D eigenvalue weighted by Gasteiger charge is -2.37. The van der Waals surface area contributed by atoms with Gasteiger partial charge in [0.25, 0.3) is 0 Å². The zero-order valence-corrected chi connectivity index (χ0v) is 12.2. The average molecular weight is 269 g/mol. The van der Waals surface area contributed by atoms with Crippen molar-refractivity contribution in [3.05, 3.63) is 54.9 Å². The van der Waals surface area contributed by atoms with E-state index in [0.29, 0.717) is 6.04 Å². The molecule has 3 heteroatoms. The molecule has 0 N–H and O–H groups in total. The lowest BCUT2D eigenvalue weighted by Crippen LogP contribution is -2.47. The first-order valence-electron chi connectivity index (χ1n) is 7.48. The summed E-state index contributed by atoms with van der Waals surface area (Å²) in [5.74, 6) is 0. The molecule has 3 nitrogen and oxygen atoms in total. The Labute approximate surface area is 121 Å². The molecule has 106 valence electrons. The fourth-order valence-corrected chi connectivity index (χ4v) is 2.94. The highest BCUT2D eigenvalue weighted by molar-refractivity contribution is 5.46. The van der Waals surface area contributed by atoms with Crippen LogP contribution in [0, 0.1) is 0 Å². The van der Waals surface area contributed by atoms with E-state index >= 15 is 0 Å². The summed E-state index contributed by atoms with van der Waals surface area (Å²) in [6.07, 6.45) is 4.32. The van der Waals surface area contributed by atoms with Crippen molar-refractivity contribution in [2.45, 2.75) is 13.0 Å². The molecule has 0 amide bonds. The number of benzene rings is 1. The van der Waals surface area contributed by atoms with Crippen LogP contribution in [0.1, 0.15) is 13.0 Å². The molecular formula is C17H23N3. The lowest BCUT2D eigenvalue weighted by atomic mass is 10.2. The van der Waals surface area contributed by atoms with Crippen molar-refractivity contribution in [1.82, 2.24) is 9.47 Å². The van der Waals surface area contributed by atoms with E-state index in [2.05, 4.69) is 76.1 Å². The van der Waals surface area contributed by atoms with Crippen LogP contribution in [0.25, 0.3) is 0 Å². The zero-order chi connectivity index (χ0) is 13.8. The van der Waals surface area contributed by atoms with Gasteiger partial charge in [0.1, 0.15) is 0 Å². The third kappa shape index (κ3) is 3.05. The third-order valence-electron chi connectivity index (χ3n) is 4.15. The summed E-state index contributed by atoms with van der Waals surface area (Å²) in [5, 5.41) is 0. The van der Waals surface area contributed by atoms with Gasteiger partial charge in [0.2, 0.25) is 0 Å². The van der Waals surface area contributed by atoms with Crippen LogP contribution in [0.5, 0.6) is 0 Å². The van der Waals surface area contributed by atoms with Gasteiger partial charge >= 0.3 is 0 Å². The van der Waals surface area contributed by atoms with Crippen LogP contribution in [-0.2, 0) is 0 Å². The average Bonchev–Trinajstić information content (AvgIpc) is 3.03. The van der Waals surface area contributed by atoms with E-state index in [1.165, 1.54) is 5.69 Å². The molecule has 1 unspecified atom stereocenters. The lowest BCUT2D eigenvalue weighted by molar-refractivity contribution is 0.226. The fourth-order valence-electron chi connectivity index (χ4n) is 2.94. The largest absolute Gasteiger partial charge is 0.369 e. The molecule has 0 bridgehead atoms. The van der Waals surface area contributed by atoms with Gasteiger partial charge in [0.05, 0.1) is 0 Å². The Hall–Kier alpha value is -1.74. The van der Waals surface area contributed by atoms with Crippen LogP contribution in [0.3, 0.4) is 0 Å². The summed E-state index contributed by atoms with van der Waals surface area (Å²) in [6, 6.07) is 15.5. The van der Waals surface area contributed by atoms with Gasteiger partial charge in [0.15, 0.2) is 0 Å². The minimum absolute atomic E-state index is 0.549. The first-order valence-corrected chi connectivity index (χ1v) is 7.48. The molecule has 1 aliphatic rings. The molecular weight excluding hydrogens is 246 g/mol. The molecule has 0 spiro atoms. The molecule has 3 rings (SSSR count). The molecule has 0 radical (unpaired) electrons. The topological polar surface area (TPSA) is 11.4 Å². The summed E-state index contributed by atoms with van der Waals surface area (Å²) in [6.45, 7) is 7.99. The van der Waals surface area contributed by atoms with Crippen molar-refractivity contribution in [3.8, 4) is 0 Å². The maximum absolute atomic E-state index is 2.57. The van der Waals surface area contributed by atoms with Gasteiger partial charge in [-0.25, -0.2) is 0 Å². The predicted molar refractivity (Wildman–Crippen MR) is 84.2 cm³/mol. The minimum Gasteiger partial charge on any atom is -0.369 e. The highest BCUT2D eigenvalue weighted by atomic mass is 15.3. The Balaban J connectivity index is 1.51. The van der Waals surface area contributed by atoms with Crippen molar-refractivity contribution < 1.29 is 0 Å². The summed E-state index contributed by atoms with van der Waals surface area (Å²) in [4.78, 5) is 5.06. The molecule has 1 aliphatic heterocycles. The van der Waals surface area contributed by atoms with Gasteiger partial charge in [-0.2, -0.15) is 0 Å². The summed E-state index contributed by atoms with van der Waals surface area (Å²) in [5.41, 5.74) is 1.35. The van der Waals surface area contributed by atoms with E-state index in [1.807, 2.05) is 0 Å². The summed E-state index contributed by atoms with van der Waals surface area (Å²) < 4.78 is 2.30. The quantitative estimate of drug-likeness (QED) is 0.845. The van der Waals surface area contributed by atoms with Crippen molar-refractivity contribution in [2.24, 2.45) is 0 Å². The fraction of sp³-hybridized carbons (Fsp3) is 0.412. The molecule has 2 heterocycles. The Bertz CT molecular complexity index is 498. The number of rotatable bonds is 4. The van der Waals surface area contributed by atoms with Crippen LogP contribution >= 0.6 is 0 Å². The number of hydrogen-bond donors (Lipinski definition) is 0. The number of anilines is 1. The maximum atomic E-state index is 2.57. The molecule has 1 saturated heterocycles. The van der Waals surface area contributed by atoms with Crippen molar-refractivity contribution >= 4 is 5.69 Å². The van der Waals surface area contributed by atoms with E-state index < -0.39 is 0 Å². The van der Waals surface area contributed by atoms with E-state index in [4.69, 9.17) is 0 Å². The van der Waals surface area contributed by atoms with Gasteiger partial charge in [0, 0.05) is 56.8 Å². The third-order valence-corrected chi connectivity index (χ3v) is 4.15. The van der Waals surface area contributed by atoms with E-state index in [0.717, 1.165) is 32.7 Å². The SMILES string of the molecule is CC(CN1CCN(c2ccccc2)CC1)n1cccc1. The standard InChI is InChI=1S/C17H23N3/c1-16(19-9-5-6-10-19)15-18-11-13-20(14-12-18)17-7-3-2-4-8-17/h2-10,16H,11-15H2,1H3. The summed E-state index contributed by atoms with van der Waals surface area (Å²) >= 11 is 0. The molecule has 2 aromatic rings. The van der Waals surface area contributed by atoms with Gasteiger partial charge in [-0.3, -0.25) is 4.90 Å². The van der Waals surface area contributed by atoms with E-state index in [9.17, 15) is 0 Å². The first-order chi connectivity index (χ1) is 9.83. The van der Waals surface area contributed by atoms with Crippen LogP contribution in [0.2, 0.25) is 0 Å². The molecule has 0 aliphatic carbocycles. The van der Waals surface area contributed by atoms with Crippen LogP contribution < -0.4 is 4.90 Å². The van der Waals surface area contributed by atoms with Crippen molar-refractivity contribution in [2.75, 3.05) is 37.6 Å². The number of piperazine rings is 1. The van der Waals surface area contributed by atoms with Gasteiger partial charge in [-0.15, -0.1) is 0 Å². The monoisotopic (exact) mass is 269 g/mol. The van der Waals surface area contributed by atoms with E-state index in [-0.39, 0.29) is 0 Å². The molecule has 1 atom stereocenters. The van der Waals surface area contributed by atoms with Crippen LogP contribution in [0.15, 0.2) is 54.9 Å². The predicted octanol–water partition coefficient (Wildman–Crippen LogP) is 2.87. The Morgan fingerprint density at radius 2 is 1.55 bits per heavy atom. The van der Waals surface area contributed by atoms with E-state index in [1.54, 1.807) is 0 Å². The van der Waals surface area contributed by atoms with Crippen LogP contribution in [-0.4, -0.2) is 42.2 Å². The molecule has 1 fully saturated rings. The number of hydrogen-bond acceptors (Lipinski definition) is 2. The number of para-hydroxylation sites is 1. The highest BCUT2D eigenvalue weighted by Gasteiger charge is 2.18. The Morgan fingerprint density at radius 1 is 0.900 bits per heavy atom. The van der Waals surface area contributed by atoms with Gasteiger partial charge in [-0.05, 0) is 31.2 Å². The second-order valence-electron chi connectivity index (χ2n) is 5.60. The Kier molecular flexibility index (Phi) is 4.07. The molecule has 1 aromatic carbocycles. The van der Waals surface area contributed by atoms with Gasteiger partial charge in [-0.1, -0.05) is 18.2 Å². The second kappa shape index (κ2) is 6.14. The first kappa shape index (κ1) is 13.3. The number of nitrogens with zero attached hydrogens (tertiary/aromatic N) is 3. The van der Waals surface area contributed by atoms with Crippen molar-refractivity contribution in [3.63, 3.8) is 0 Å². The minimum atomic E-state index is 0.549. The Morgan fingerprint density at radius 3 is 2.20 bits per heavy atom.